The Labute approximate surface area is 109 Å². The molecular weight excluding hydrogens is 218 g/mol. The lowest BCUT2D eigenvalue weighted by Gasteiger charge is -2.27. The molecule has 1 aromatic rings. The van der Waals surface area contributed by atoms with Gasteiger partial charge in [0.2, 0.25) is 0 Å². The molecule has 1 heterocycles. The predicted molar refractivity (Wildman–Crippen MR) is 75.7 cm³/mol. The third-order valence-corrected chi connectivity index (χ3v) is 4.98. The molecule has 94 valence electrons. The molecule has 1 nitrogen and oxygen atoms in total. The van der Waals surface area contributed by atoms with Gasteiger partial charge >= 0.3 is 0 Å². The van der Waals surface area contributed by atoms with Gasteiger partial charge in [0.1, 0.15) is 0 Å². The molecule has 0 amide bonds. The van der Waals surface area contributed by atoms with Crippen LogP contribution in [0.15, 0.2) is 24.3 Å². The maximum atomic E-state index is 3.70. The van der Waals surface area contributed by atoms with E-state index >= 15 is 0 Å². The third kappa shape index (κ3) is 1.65. The normalized spacial score (nSPS) is 29.9. The van der Waals surface area contributed by atoms with Crippen LogP contribution in [0.5, 0.6) is 0 Å². The van der Waals surface area contributed by atoms with Crippen molar-refractivity contribution < 1.29 is 0 Å². The molecule has 0 aromatic heterocycles. The van der Waals surface area contributed by atoms with Crippen molar-refractivity contribution in [1.82, 2.24) is 5.32 Å². The number of piperidine rings is 1. The van der Waals surface area contributed by atoms with Crippen LogP contribution in [-0.4, -0.2) is 12.6 Å². The number of hydrogen-bond acceptors (Lipinski definition) is 1. The molecule has 1 saturated heterocycles. The number of nitrogens with one attached hydrogen (secondary N) is 1. The Hall–Kier alpha value is -1.08. The Morgan fingerprint density at radius 1 is 1.17 bits per heavy atom. The quantitative estimate of drug-likeness (QED) is 0.789. The summed E-state index contributed by atoms with van der Waals surface area (Å²) in [6.07, 6.45) is 10.3. The van der Waals surface area contributed by atoms with Crippen molar-refractivity contribution in [1.29, 1.82) is 0 Å². The second-order valence-corrected chi connectivity index (χ2v) is 6.05. The summed E-state index contributed by atoms with van der Waals surface area (Å²) in [6, 6.07) is 7.97. The Kier molecular flexibility index (Phi) is 2.54. The number of rotatable bonds is 1. The summed E-state index contributed by atoms with van der Waals surface area (Å²) in [6.45, 7) is 1.22. The van der Waals surface area contributed by atoms with Gasteiger partial charge in [0, 0.05) is 6.04 Å². The molecule has 1 heteroatoms. The number of hydrogen-bond donors (Lipinski definition) is 1. The molecule has 0 spiro atoms. The summed E-state index contributed by atoms with van der Waals surface area (Å²) in [7, 11) is 0. The van der Waals surface area contributed by atoms with Gasteiger partial charge in [-0.15, -0.1) is 0 Å². The summed E-state index contributed by atoms with van der Waals surface area (Å²) >= 11 is 0. The van der Waals surface area contributed by atoms with Gasteiger partial charge in [-0.2, -0.15) is 0 Å². The van der Waals surface area contributed by atoms with Crippen LogP contribution < -0.4 is 5.32 Å². The predicted octanol–water partition coefficient (Wildman–Crippen LogP) is 3.65. The summed E-state index contributed by atoms with van der Waals surface area (Å²) in [4.78, 5) is 0. The van der Waals surface area contributed by atoms with Crippen molar-refractivity contribution in [3.05, 3.63) is 41.0 Å². The molecule has 1 fully saturated rings. The van der Waals surface area contributed by atoms with Gasteiger partial charge in [-0.05, 0) is 73.3 Å². The maximum absolute atomic E-state index is 3.70. The fourth-order valence-corrected chi connectivity index (χ4v) is 4.04. The molecular formula is C17H21N. The molecule has 0 unspecified atom stereocenters. The van der Waals surface area contributed by atoms with Crippen molar-refractivity contribution in [2.24, 2.45) is 0 Å². The van der Waals surface area contributed by atoms with Crippen LogP contribution in [0.25, 0.3) is 5.57 Å². The summed E-state index contributed by atoms with van der Waals surface area (Å²) in [5.41, 5.74) is 6.33. The van der Waals surface area contributed by atoms with Crippen molar-refractivity contribution in [2.75, 3.05) is 6.54 Å². The second kappa shape index (κ2) is 4.24. The van der Waals surface area contributed by atoms with Crippen molar-refractivity contribution in [3.63, 3.8) is 0 Å². The monoisotopic (exact) mass is 239 g/mol. The number of allylic oxidation sites excluding steroid dienone is 2. The van der Waals surface area contributed by atoms with E-state index in [-0.39, 0.29) is 0 Å². The maximum Gasteiger partial charge on any atom is 0.0176 e. The summed E-state index contributed by atoms with van der Waals surface area (Å²) in [5.74, 6) is 0.788. The molecule has 4 rings (SSSR count). The molecule has 1 N–H and O–H groups in total. The molecule has 1 aromatic carbocycles. The Bertz CT molecular complexity index is 500. The van der Waals surface area contributed by atoms with Gasteiger partial charge in [0.25, 0.3) is 0 Å². The van der Waals surface area contributed by atoms with E-state index < -0.39 is 0 Å². The van der Waals surface area contributed by atoms with Gasteiger partial charge in [-0.3, -0.25) is 0 Å². The molecule has 2 aliphatic carbocycles. The molecule has 0 radical (unpaired) electrons. The Balaban J connectivity index is 1.71. The highest BCUT2D eigenvalue weighted by Crippen LogP contribution is 2.40. The highest BCUT2D eigenvalue weighted by atomic mass is 14.9. The van der Waals surface area contributed by atoms with E-state index in [0.717, 1.165) is 12.0 Å². The van der Waals surface area contributed by atoms with E-state index in [1.54, 1.807) is 16.7 Å². The van der Waals surface area contributed by atoms with Gasteiger partial charge in [0.15, 0.2) is 0 Å². The first kappa shape index (κ1) is 10.8. The third-order valence-electron chi connectivity index (χ3n) is 4.98. The van der Waals surface area contributed by atoms with E-state index in [1.807, 2.05) is 0 Å². The fourth-order valence-electron chi connectivity index (χ4n) is 4.04. The lowest BCUT2D eigenvalue weighted by atomic mass is 9.89. The fraction of sp³-hybridized carbons (Fsp3) is 0.529. The van der Waals surface area contributed by atoms with Crippen LogP contribution in [0.4, 0.5) is 0 Å². The SMILES string of the molecule is C1=C(c2ccc3c(c2)[C@H]2CCCN[C@H]2C3)CCC1. The molecule has 1 aliphatic heterocycles. The molecule has 0 bridgehead atoms. The second-order valence-electron chi connectivity index (χ2n) is 6.05. The van der Waals surface area contributed by atoms with Crippen molar-refractivity contribution in [3.8, 4) is 0 Å². The smallest absolute Gasteiger partial charge is 0.0176 e. The highest BCUT2D eigenvalue weighted by molar-refractivity contribution is 5.68. The van der Waals surface area contributed by atoms with Crippen LogP contribution in [0.1, 0.15) is 54.7 Å². The van der Waals surface area contributed by atoms with Gasteiger partial charge in [0.05, 0.1) is 0 Å². The van der Waals surface area contributed by atoms with Crippen LogP contribution >= 0.6 is 0 Å². The van der Waals surface area contributed by atoms with E-state index in [2.05, 4.69) is 29.6 Å². The first-order valence-corrected chi connectivity index (χ1v) is 7.47. The minimum Gasteiger partial charge on any atom is -0.313 e. The average Bonchev–Trinajstić information content (AvgIpc) is 3.05. The van der Waals surface area contributed by atoms with Crippen LogP contribution in [-0.2, 0) is 6.42 Å². The molecule has 3 aliphatic rings. The van der Waals surface area contributed by atoms with Crippen molar-refractivity contribution >= 4 is 5.57 Å². The van der Waals surface area contributed by atoms with Gasteiger partial charge < -0.3 is 5.32 Å². The lowest BCUT2D eigenvalue weighted by molar-refractivity contribution is 0.372. The van der Waals surface area contributed by atoms with Crippen LogP contribution in [0, 0.1) is 0 Å². The minimum absolute atomic E-state index is 0.724. The van der Waals surface area contributed by atoms with Crippen LogP contribution in [0.3, 0.4) is 0 Å². The van der Waals surface area contributed by atoms with Crippen molar-refractivity contribution in [2.45, 2.75) is 50.5 Å². The number of benzene rings is 1. The minimum atomic E-state index is 0.724. The van der Waals surface area contributed by atoms with Gasteiger partial charge in [-0.1, -0.05) is 24.3 Å². The van der Waals surface area contributed by atoms with Crippen LogP contribution in [0.2, 0.25) is 0 Å². The zero-order chi connectivity index (χ0) is 11.9. The standard InChI is InChI=1S/C17H21N/c1-2-5-12(4-1)13-7-8-14-11-17-15(16(14)10-13)6-3-9-18-17/h4,7-8,10,15,17-18H,1-3,5-6,9,11H2/t15-,17+/m1/s1. The van der Waals surface area contributed by atoms with E-state index in [4.69, 9.17) is 0 Å². The van der Waals surface area contributed by atoms with E-state index in [1.165, 1.54) is 50.6 Å². The first-order valence-electron chi connectivity index (χ1n) is 7.47. The summed E-state index contributed by atoms with van der Waals surface area (Å²) in [5, 5.41) is 3.70. The highest BCUT2D eigenvalue weighted by Gasteiger charge is 2.34. The summed E-state index contributed by atoms with van der Waals surface area (Å²) < 4.78 is 0. The zero-order valence-electron chi connectivity index (χ0n) is 10.9. The van der Waals surface area contributed by atoms with E-state index in [9.17, 15) is 0 Å². The topological polar surface area (TPSA) is 12.0 Å². The molecule has 2 atom stereocenters. The lowest BCUT2D eigenvalue weighted by Crippen LogP contribution is -2.37. The molecule has 0 saturated carbocycles. The number of fused-ring (bicyclic) bond motifs is 3. The zero-order valence-corrected chi connectivity index (χ0v) is 10.9. The Morgan fingerprint density at radius 2 is 2.17 bits per heavy atom. The Morgan fingerprint density at radius 3 is 3.06 bits per heavy atom. The average molecular weight is 239 g/mol. The first-order chi connectivity index (χ1) is 8.92. The largest absolute Gasteiger partial charge is 0.313 e. The molecule has 18 heavy (non-hydrogen) atoms. The van der Waals surface area contributed by atoms with E-state index in [0.29, 0.717) is 0 Å². The van der Waals surface area contributed by atoms with Gasteiger partial charge in [-0.25, -0.2) is 0 Å².